The molecule has 0 atom stereocenters. The number of nitrogens with one attached hydrogen (secondary N) is 1. The van der Waals surface area contributed by atoms with Gasteiger partial charge in [-0.15, -0.1) is 0 Å². The summed E-state index contributed by atoms with van der Waals surface area (Å²) in [5, 5.41) is 3.11. The van der Waals surface area contributed by atoms with Crippen LogP contribution in [0.1, 0.15) is 10.4 Å². The summed E-state index contributed by atoms with van der Waals surface area (Å²) in [5.74, 6) is 0.585. The van der Waals surface area contributed by atoms with Crippen LogP contribution in [0.4, 0.5) is 5.69 Å². The second-order valence-corrected chi connectivity index (χ2v) is 4.48. The third-order valence-electron chi connectivity index (χ3n) is 2.96. The molecule has 2 rings (SSSR count). The molecule has 4 heteroatoms. The third-order valence-corrected chi connectivity index (χ3v) is 2.96. The van der Waals surface area contributed by atoms with Gasteiger partial charge in [-0.2, -0.15) is 0 Å². The first-order valence-electron chi connectivity index (χ1n) is 6.84. The number of methoxy groups -OCH3 is 1. The predicted molar refractivity (Wildman–Crippen MR) is 83.1 cm³/mol. The molecule has 0 unspecified atom stereocenters. The topological polar surface area (TPSA) is 47.6 Å². The molecule has 0 saturated heterocycles. The Kier molecular flexibility index (Phi) is 5.79. The summed E-state index contributed by atoms with van der Waals surface area (Å²) >= 11 is 0. The average molecular weight is 285 g/mol. The van der Waals surface area contributed by atoms with Crippen molar-refractivity contribution < 1.29 is 14.3 Å². The SMILES string of the molecule is COCCOc1ccccc1C(=O)CNc1ccccc1. The highest BCUT2D eigenvalue weighted by Gasteiger charge is 2.11. The third kappa shape index (κ3) is 4.61. The molecule has 2 aromatic carbocycles. The highest BCUT2D eigenvalue weighted by atomic mass is 16.5. The van der Waals surface area contributed by atoms with Crippen molar-refractivity contribution in [2.75, 3.05) is 32.2 Å². The Morgan fingerprint density at radius 1 is 1.00 bits per heavy atom. The van der Waals surface area contributed by atoms with E-state index in [4.69, 9.17) is 9.47 Å². The molecule has 4 nitrogen and oxygen atoms in total. The van der Waals surface area contributed by atoms with Gasteiger partial charge in [0.1, 0.15) is 12.4 Å². The number of ketones is 1. The molecule has 0 amide bonds. The normalized spacial score (nSPS) is 10.1. The molecule has 0 aliphatic heterocycles. The van der Waals surface area contributed by atoms with Gasteiger partial charge in [-0.25, -0.2) is 0 Å². The summed E-state index contributed by atoms with van der Waals surface area (Å²) < 4.78 is 10.5. The van der Waals surface area contributed by atoms with Gasteiger partial charge < -0.3 is 14.8 Å². The highest BCUT2D eigenvalue weighted by molar-refractivity contribution is 6.01. The van der Waals surface area contributed by atoms with Crippen molar-refractivity contribution in [3.8, 4) is 5.75 Å². The number of ether oxygens (including phenoxy) is 2. The molecule has 0 fully saturated rings. The van der Waals surface area contributed by atoms with Crippen LogP contribution >= 0.6 is 0 Å². The predicted octanol–water partition coefficient (Wildman–Crippen LogP) is 3.01. The van der Waals surface area contributed by atoms with Gasteiger partial charge in [-0.3, -0.25) is 4.79 Å². The van der Waals surface area contributed by atoms with Gasteiger partial charge in [0.25, 0.3) is 0 Å². The summed E-state index contributed by atoms with van der Waals surface area (Å²) in [7, 11) is 1.62. The summed E-state index contributed by atoms with van der Waals surface area (Å²) in [5.41, 5.74) is 1.50. The molecule has 1 N–H and O–H groups in total. The zero-order valence-electron chi connectivity index (χ0n) is 12.0. The van der Waals surface area contributed by atoms with Gasteiger partial charge in [-0.05, 0) is 24.3 Å². The summed E-state index contributed by atoms with van der Waals surface area (Å²) in [6.07, 6.45) is 0. The van der Waals surface area contributed by atoms with E-state index < -0.39 is 0 Å². The lowest BCUT2D eigenvalue weighted by Crippen LogP contribution is -2.16. The van der Waals surface area contributed by atoms with Crippen molar-refractivity contribution in [3.05, 3.63) is 60.2 Å². The molecule has 2 aromatic rings. The minimum Gasteiger partial charge on any atom is -0.490 e. The number of rotatable bonds is 8. The van der Waals surface area contributed by atoms with E-state index in [0.717, 1.165) is 5.69 Å². The van der Waals surface area contributed by atoms with Crippen molar-refractivity contribution in [1.82, 2.24) is 0 Å². The molecule has 0 aromatic heterocycles. The van der Waals surface area contributed by atoms with Gasteiger partial charge in [-0.1, -0.05) is 30.3 Å². The minimum absolute atomic E-state index is 0.00753. The lowest BCUT2D eigenvalue weighted by atomic mass is 10.1. The van der Waals surface area contributed by atoms with E-state index in [0.29, 0.717) is 24.5 Å². The molecular weight excluding hydrogens is 266 g/mol. The molecule has 21 heavy (non-hydrogen) atoms. The zero-order valence-corrected chi connectivity index (χ0v) is 12.0. The lowest BCUT2D eigenvalue weighted by molar-refractivity contribution is 0.0998. The number of hydrogen-bond donors (Lipinski definition) is 1. The maximum Gasteiger partial charge on any atom is 0.185 e. The maximum absolute atomic E-state index is 12.3. The van der Waals surface area contributed by atoms with Crippen molar-refractivity contribution in [1.29, 1.82) is 0 Å². The highest BCUT2D eigenvalue weighted by Crippen LogP contribution is 2.18. The number of anilines is 1. The number of para-hydroxylation sites is 2. The van der Waals surface area contributed by atoms with Gasteiger partial charge in [0.2, 0.25) is 0 Å². The van der Waals surface area contributed by atoms with E-state index in [1.165, 1.54) is 0 Å². The van der Waals surface area contributed by atoms with Gasteiger partial charge in [0, 0.05) is 12.8 Å². The van der Waals surface area contributed by atoms with Gasteiger partial charge in [0.05, 0.1) is 18.7 Å². The van der Waals surface area contributed by atoms with Crippen LogP contribution in [-0.4, -0.2) is 32.7 Å². The fraction of sp³-hybridized carbons (Fsp3) is 0.235. The van der Waals surface area contributed by atoms with E-state index in [9.17, 15) is 4.79 Å². The van der Waals surface area contributed by atoms with Crippen molar-refractivity contribution in [3.63, 3.8) is 0 Å². The average Bonchev–Trinajstić information content (AvgIpc) is 2.54. The first-order valence-corrected chi connectivity index (χ1v) is 6.84. The number of Topliss-reactive ketones (excluding diaryl/α,β-unsaturated/α-hetero) is 1. The van der Waals surface area contributed by atoms with Gasteiger partial charge in [0.15, 0.2) is 5.78 Å². The molecule has 0 bridgehead atoms. The van der Waals surface area contributed by atoms with Crippen LogP contribution in [0, 0.1) is 0 Å². The standard InChI is InChI=1S/C17H19NO3/c1-20-11-12-21-17-10-6-5-9-15(17)16(19)13-18-14-7-3-2-4-8-14/h2-10,18H,11-13H2,1H3. The van der Waals surface area contributed by atoms with E-state index in [2.05, 4.69) is 5.32 Å². The Bertz CT molecular complexity index is 569. The molecule has 0 radical (unpaired) electrons. The van der Waals surface area contributed by atoms with Crippen molar-refractivity contribution >= 4 is 11.5 Å². The van der Waals surface area contributed by atoms with Crippen molar-refractivity contribution in [2.45, 2.75) is 0 Å². The minimum atomic E-state index is -0.00753. The van der Waals surface area contributed by atoms with Crippen LogP contribution in [0.2, 0.25) is 0 Å². The molecular formula is C17H19NO3. The molecule has 0 saturated carbocycles. The zero-order chi connectivity index (χ0) is 14.9. The number of hydrogen-bond acceptors (Lipinski definition) is 4. The van der Waals surface area contributed by atoms with Crippen LogP contribution in [0.25, 0.3) is 0 Å². The smallest absolute Gasteiger partial charge is 0.185 e. The summed E-state index contributed by atoms with van der Waals surface area (Å²) in [4.78, 5) is 12.3. The van der Waals surface area contributed by atoms with Crippen LogP contribution in [0.15, 0.2) is 54.6 Å². The fourth-order valence-electron chi connectivity index (χ4n) is 1.89. The largest absolute Gasteiger partial charge is 0.490 e. The Morgan fingerprint density at radius 2 is 1.71 bits per heavy atom. The number of benzene rings is 2. The molecule has 0 spiro atoms. The van der Waals surface area contributed by atoms with Crippen LogP contribution in [-0.2, 0) is 4.74 Å². The second kappa shape index (κ2) is 8.07. The Hall–Kier alpha value is -2.33. The maximum atomic E-state index is 12.3. The Labute approximate surface area is 124 Å². The van der Waals surface area contributed by atoms with E-state index in [1.807, 2.05) is 42.5 Å². The van der Waals surface area contributed by atoms with Gasteiger partial charge >= 0.3 is 0 Å². The lowest BCUT2D eigenvalue weighted by Gasteiger charge is -2.11. The molecule has 0 aliphatic carbocycles. The number of carbonyl (C=O) groups is 1. The fourth-order valence-corrected chi connectivity index (χ4v) is 1.89. The second-order valence-electron chi connectivity index (χ2n) is 4.48. The van der Waals surface area contributed by atoms with Crippen LogP contribution in [0.5, 0.6) is 5.75 Å². The quantitative estimate of drug-likeness (QED) is 0.598. The van der Waals surface area contributed by atoms with Crippen molar-refractivity contribution in [2.24, 2.45) is 0 Å². The van der Waals surface area contributed by atoms with E-state index in [-0.39, 0.29) is 12.3 Å². The Morgan fingerprint density at radius 3 is 2.48 bits per heavy atom. The van der Waals surface area contributed by atoms with E-state index in [1.54, 1.807) is 19.2 Å². The summed E-state index contributed by atoms with van der Waals surface area (Å²) in [6, 6.07) is 16.9. The Balaban J connectivity index is 1.98. The number of carbonyl (C=O) groups excluding carboxylic acids is 1. The molecule has 110 valence electrons. The van der Waals surface area contributed by atoms with Crippen LogP contribution in [0.3, 0.4) is 0 Å². The van der Waals surface area contributed by atoms with Crippen LogP contribution < -0.4 is 10.1 Å². The van der Waals surface area contributed by atoms with E-state index >= 15 is 0 Å². The first-order chi connectivity index (χ1) is 10.3. The summed E-state index contributed by atoms with van der Waals surface area (Å²) in [6.45, 7) is 1.15. The molecule has 0 aliphatic rings. The monoisotopic (exact) mass is 285 g/mol. The molecule has 0 heterocycles. The first kappa shape index (κ1) is 15.1.